The van der Waals surface area contributed by atoms with E-state index in [1.165, 1.54) is 37.1 Å². The van der Waals surface area contributed by atoms with Crippen molar-refractivity contribution in [3.05, 3.63) is 102 Å². The molecule has 6 rings (SSSR count). The predicted molar refractivity (Wildman–Crippen MR) is 127 cm³/mol. The van der Waals surface area contributed by atoms with Crippen LogP contribution in [-0.2, 0) is 0 Å². The predicted octanol–water partition coefficient (Wildman–Crippen LogP) is 5.41. The standard InChI is InChI=1S/C28H30N2O/c1-31-25-15-9-8-14-24(25)20-29-27-23-16-18-30(19-17-23)28(27)26(21-10-4-2-5-11-21)22-12-6-3-7-13-22/h2-15,20,23,26-28H,16-19H2,1H3/b29-20-. The first-order valence-electron chi connectivity index (χ1n) is 11.4. The molecule has 3 aliphatic rings. The maximum absolute atomic E-state index is 5.56. The van der Waals surface area contributed by atoms with E-state index in [2.05, 4.69) is 77.7 Å². The lowest BCUT2D eigenvalue weighted by molar-refractivity contribution is 0.0215. The summed E-state index contributed by atoms with van der Waals surface area (Å²) in [6.07, 6.45) is 4.52. The molecule has 3 aliphatic heterocycles. The molecule has 3 nitrogen and oxygen atoms in total. The van der Waals surface area contributed by atoms with Gasteiger partial charge in [0.05, 0.1) is 13.2 Å². The number of piperidine rings is 3. The number of hydrogen-bond donors (Lipinski definition) is 0. The number of rotatable bonds is 6. The van der Waals surface area contributed by atoms with E-state index in [4.69, 9.17) is 9.73 Å². The number of aliphatic imine (C=N–C) groups is 1. The molecule has 3 aromatic carbocycles. The summed E-state index contributed by atoms with van der Waals surface area (Å²) in [4.78, 5) is 7.94. The largest absolute Gasteiger partial charge is 0.496 e. The van der Waals surface area contributed by atoms with E-state index in [9.17, 15) is 0 Å². The fourth-order valence-electron chi connectivity index (χ4n) is 5.52. The maximum Gasteiger partial charge on any atom is 0.127 e. The van der Waals surface area contributed by atoms with Crippen LogP contribution >= 0.6 is 0 Å². The third-order valence-electron chi connectivity index (χ3n) is 7.01. The summed E-state index contributed by atoms with van der Waals surface area (Å²) in [5.41, 5.74) is 3.81. The average molecular weight is 411 g/mol. The maximum atomic E-state index is 5.56. The SMILES string of the molecule is COc1ccccc1/C=N\C1C2CCN(CC2)C1C(c1ccccc1)c1ccccc1. The molecule has 31 heavy (non-hydrogen) atoms. The van der Waals surface area contributed by atoms with Gasteiger partial charge in [0.1, 0.15) is 5.75 Å². The van der Waals surface area contributed by atoms with Gasteiger partial charge in [0, 0.05) is 23.7 Å². The zero-order valence-electron chi connectivity index (χ0n) is 18.1. The molecule has 0 saturated carbocycles. The fourth-order valence-corrected chi connectivity index (χ4v) is 5.52. The lowest BCUT2D eigenvalue weighted by Gasteiger charge is -2.52. The molecule has 2 bridgehead atoms. The first-order chi connectivity index (χ1) is 15.3. The second-order valence-electron chi connectivity index (χ2n) is 8.67. The zero-order valence-corrected chi connectivity index (χ0v) is 18.1. The molecule has 0 aromatic heterocycles. The lowest BCUT2D eigenvalue weighted by Crippen LogP contribution is -2.59. The Kier molecular flexibility index (Phi) is 5.86. The highest BCUT2D eigenvalue weighted by Gasteiger charge is 2.46. The van der Waals surface area contributed by atoms with Crippen LogP contribution in [0.15, 0.2) is 89.9 Å². The van der Waals surface area contributed by atoms with Gasteiger partial charge in [-0.25, -0.2) is 0 Å². The van der Waals surface area contributed by atoms with Crippen molar-refractivity contribution in [2.24, 2.45) is 10.9 Å². The van der Waals surface area contributed by atoms with Crippen LogP contribution in [0.5, 0.6) is 5.75 Å². The molecule has 3 heteroatoms. The number of nitrogens with zero attached hydrogens (tertiary/aromatic N) is 2. The minimum Gasteiger partial charge on any atom is -0.496 e. The van der Waals surface area contributed by atoms with E-state index < -0.39 is 0 Å². The van der Waals surface area contributed by atoms with E-state index in [1.54, 1.807) is 7.11 Å². The summed E-state index contributed by atoms with van der Waals surface area (Å²) in [6.45, 7) is 2.35. The molecule has 3 aromatic rings. The van der Waals surface area contributed by atoms with E-state index >= 15 is 0 Å². The summed E-state index contributed by atoms with van der Waals surface area (Å²) in [6, 6.07) is 30.8. The first kappa shape index (κ1) is 20.0. The van der Waals surface area contributed by atoms with Crippen LogP contribution in [0.1, 0.15) is 35.4 Å². The molecule has 0 N–H and O–H groups in total. The number of benzene rings is 3. The Balaban J connectivity index is 1.56. The van der Waals surface area contributed by atoms with Gasteiger partial charge in [-0.15, -0.1) is 0 Å². The topological polar surface area (TPSA) is 24.8 Å². The highest BCUT2D eigenvalue weighted by Crippen LogP contribution is 2.43. The van der Waals surface area contributed by atoms with E-state index in [0.717, 1.165) is 11.3 Å². The Morgan fingerprint density at radius 2 is 1.42 bits per heavy atom. The minimum atomic E-state index is 0.276. The van der Waals surface area contributed by atoms with Gasteiger partial charge in [0.15, 0.2) is 0 Å². The van der Waals surface area contributed by atoms with Crippen molar-refractivity contribution in [1.82, 2.24) is 4.90 Å². The molecule has 0 aliphatic carbocycles. The molecular weight excluding hydrogens is 380 g/mol. The van der Waals surface area contributed by atoms with Crippen molar-refractivity contribution in [3.8, 4) is 5.75 Å². The van der Waals surface area contributed by atoms with Gasteiger partial charge in [0.25, 0.3) is 0 Å². The van der Waals surface area contributed by atoms with Gasteiger partial charge in [-0.05, 0) is 55.1 Å². The Labute approximate surface area is 185 Å². The average Bonchev–Trinajstić information content (AvgIpc) is 2.85. The van der Waals surface area contributed by atoms with Crippen molar-refractivity contribution in [1.29, 1.82) is 0 Å². The zero-order chi connectivity index (χ0) is 21.0. The van der Waals surface area contributed by atoms with Crippen LogP contribution in [-0.4, -0.2) is 43.4 Å². The van der Waals surface area contributed by atoms with E-state index in [-0.39, 0.29) is 6.04 Å². The summed E-state index contributed by atoms with van der Waals surface area (Å²) in [5, 5.41) is 0. The molecule has 158 valence electrons. The van der Waals surface area contributed by atoms with Crippen molar-refractivity contribution in [2.45, 2.75) is 30.8 Å². The Hall–Kier alpha value is -2.91. The number of hydrogen-bond acceptors (Lipinski definition) is 3. The van der Waals surface area contributed by atoms with Crippen molar-refractivity contribution in [3.63, 3.8) is 0 Å². The highest BCUT2D eigenvalue weighted by atomic mass is 16.5. The molecule has 0 spiro atoms. The smallest absolute Gasteiger partial charge is 0.127 e. The van der Waals surface area contributed by atoms with Gasteiger partial charge >= 0.3 is 0 Å². The first-order valence-corrected chi connectivity index (χ1v) is 11.4. The van der Waals surface area contributed by atoms with Crippen LogP contribution < -0.4 is 4.74 Å². The lowest BCUT2D eigenvalue weighted by atomic mass is 9.71. The molecule has 3 heterocycles. The Morgan fingerprint density at radius 1 is 0.839 bits per heavy atom. The van der Waals surface area contributed by atoms with Crippen molar-refractivity contribution >= 4 is 6.21 Å². The molecule has 2 atom stereocenters. The van der Waals surface area contributed by atoms with Crippen LogP contribution in [0.2, 0.25) is 0 Å². The fraction of sp³-hybridized carbons (Fsp3) is 0.321. The third kappa shape index (κ3) is 4.03. The number of fused-ring (bicyclic) bond motifs is 3. The summed E-state index contributed by atoms with van der Waals surface area (Å²) in [7, 11) is 1.73. The second-order valence-corrected chi connectivity index (χ2v) is 8.67. The highest BCUT2D eigenvalue weighted by molar-refractivity contribution is 5.83. The quantitative estimate of drug-likeness (QED) is 0.508. The molecular formula is C28H30N2O. The van der Waals surface area contributed by atoms with Crippen LogP contribution in [0.25, 0.3) is 0 Å². The van der Waals surface area contributed by atoms with Gasteiger partial charge < -0.3 is 4.74 Å². The number of methoxy groups -OCH3 is 1. The molecule has 0 amide bonds. The Bertz CT molecular complexity index is 970. The van der Waals surface area contributed by atoms with Gasteiger partial charge in [-0.2, -0.15) is 0 Å². The summed E-state index contributed by atoms with van der Waals surface area (Å²) < 4.78 is 5.56. The van der Waals surface area contributed by atoms with Crippen LogP contribution in [0.4, 0.5) is 0 Å². The van der Waals surface area contributed by atoms with Crippen molar-refractivity contribution in [2.75, 3.05) is 20.2 Å². The van der Waals surface area contributed by atoms with Crippen molar-refractivity contribution < 1.29 is 4.74 Å². The summed E-state index contributed by atoms with van der Waals surface area (Å²) in [5.74, 6) is 1.83. The van der Waals surface area contributed by atoms with Gasteiger partial charge in [-0.3, -0.25) is 9.89 Å². The second kappa shape index (κ2) is 9.07. The van der Waals surface area contributed by atoms with Gasteiger partial charge in [-0.1, -0.05) is 72.8 Å². The van der Waals surface area contributed by atoms with E-state index in [0.29, 0.717) is 17.9 Å². The molecule has 3 saturated heterocycles. The molecule has 0 radical (unpaired) electrons. The summed E-state index contributed by atoms with van der Waals surface area (Å²) >= 11 is 0. The number of para-hydroxylation sites is 1. The molecule has 3 fully saturated rings. The monoisotopic (exact) mass is 410 g/mol. The minimum absolute atomic E-state index is 0.276. The van der Waals surface area contributed by atoms with E-state index in [1.807, 2.05) is 18.3 Å². The number of ether oxygens (including phenoxy) is 1. The molecule has 2 unspecified atom stereocenters. The Morgan fingerprint density at radius 3 is 2.03 bits per heavy atom. The normalized spacial score (nSPS) is 25.2. The van der Waals surface area contributed by atoms with Gasteiger partial charge in [0.2, 0.25) is 0 Å². The third-order valence-corrected chi connectivity index (χ3v) is 7.01. The van der Waals surface area contributed by atoms with Crippen LogP contribution in [0.3, 0.4) is 0 Å². The van der Waals surface area contributed by atoms with Crippen LogP contribution in [0, 0.1) is 5.92 Å².